The van der Waals surface area contributed by atoms with Crippen LogP contribution in [0.3, 0.4) is 0 Å². The van der Waals surface area contributed by atoms with E-state index >= 15 is 0 Å². The van der Waals surface area contributed by atoms with Gasteiger partial charge in [0.2, 0.25) is 5.91 Å². The second kappa shape index (κ2) is 8.63. The molecule has 25 heavy (non-hydrogen) atoms. The van der Waals surface area contributed by atoms with Crippen molar-refractivity contribution in [2.24, 2.45) is 5.92 Å². The van der Waals surface area contributed by atoms with E-state index in [-0.39, 0.29) is 11.6 Å². The minimum Gasteiger partial charge on any atom is -0.493 e. The Morgan fingerprint density at radius 1 is 1.24 bits per heavy atom. The lowest BCUT2D eigenvalue weighted by atomic mass is 10.2. The van der Waals surface area contributed by atoms with Crippen LogP contribution in [0.15, 0.2) is 54.6 Å². The minimum atomic E-state index is -0.472. The molecule has 0 aliphatic carbocycles. The number of carbonyl (C=O) groups excluding carboxylic acids is 1. The number of carbonyl (C=O) groups is 1. The third-order valence-corrected chi connectivity index (χ3v) is 3.21. The Labute approximate surface area is 146 Å². The molecule has 0 saturated heterocycles. The number of nitro benzene ring substituents is 1. The highest BCUT2D eigenvalue weighted by Crippen LogP contribution is 2.17. The van der Waals surface area contributed by atoms with E-state index in [0.717, 1.165) is 5.75 Å². The molecule has 2 aromatic carbocycles. The zero-order valence-corrected chi connectivity index (χ0v) is 14.1. The van der Waals surface area contributed by atoms with Crippen LogP contribution >= 0.6 is 0 Å². The van der Waals surface area contributed by atoms with E-state index in [1.165, 1.54) is 24.3 Å². The molecule has 0 fully saturated rings. The summed E-state index contributed by atoms with van der Waals surface area (Å²) in [7, 11) is 0. The maximum Gasteiger partial charge on any atom is 0.270 e. The van der Waals surface area contributed by atoms with Gasteiger partial charge >= 0.3 is 0 Å². The standard InChI is InChI=1S/C19H20N2O4/c1-14(2)13-25-18-9-7-16(8-10-18)20-19(22)11-6-15-4-3-5-17(12-15)21(23)24/h3-12,14H,13H2,1-2H3,(H,20,22)/b11-6+. The van der Waals surface area contributed by atoms with Crippen LogP contribution in [0.5, 0.6) is 5.75 Å². The van der Waals surface area contributed by atoms with Crippen molar-refractivity contribution in [1.82, 2.24) is 0 Å². The highest BCUT2D eigenvalue weighted by Gasteiger charge is 2.04. The van der Waals surface area contributed by atoms with Gasteiger partial charge in [0.05, 0.1) is 11.5 Å². The SMILES string of the molecule is CC(C)COc1ccc(NC(=O)/C=C/c2cccc([N+](=O)[O-])c2)cc1. The molecule has 0 aromatic heterocycles. The van der Waals surface area contributed by atoms with Gasteiger partial charge in [0, 0.05) is 23.9 Å². The van der Waals surface area contributed by atoms with Crippen LogP contribution < -0.4 is 10.1 Å². The molecule has 1 amide bonds. The van der Waals surface area contributed by atoms with E-state index in [4.69, 9.17) is 4.74 Å². The number of rotatable bonds is 7. The summed E-state index contributed by atoms with van der Waals surface area (Å²) < 4.78 is 5.58. The maximum atomic E-state index is 11.9. The minimum absolute atomic E-state index is 0.0143. The monoisotopic (exact) mass is 340 g/mol. The van der Waals surface area contributed by atoms with Crippen LogP contribution in [0.4, 0.5) is 11.4 Å². The Morgan fingerprint density at radius 3 is 2.60 bits per heavy atom. The maximum absolute atomic E-state index is 11.9. The highest BCUT2D eigenvalue weighted by molar-refractivity contribution is 6.01. The highest BCUT2D eigenvalue weighted by atomic mass is 16.6. The van der Waals surface area contributed by atoms with Gasteiger partial charge < -0.3 is 10.1 Å². The van der Waals surface area contributed by atoms with E-state index in [1.807, 2.05) is 0 Å². The van der Waals surface area contributed by atoms with Crippen LogP contribution in [0.2, 0.25) is 0 Å². The predicted molar refractivity (Wildman–Crippen MR) is 97.5 cm³/mol. The van der Waals surface area contributed by atoms with Crippen molar-refractivity contribution in [3.05, 3.63) is 70.3 Å². The first-order chi connectivity index (χ1) is 11.9. The normalized spacial score (nSPS) is 10.8. The number of nitrogens with one attached hydrogen (secondary N) is 1. The molecule has 0 unspecified atom stereocenters. The van der Waals surface area contributed by atoms with Crippen molar-refractivity contribution in [1.29, 1.82) is 0 Å². The molecule has 0 aliphatic heterocycles. The molecule has 0 bridgehead atoms. The van der Waals surface area contributed by atoms with Crippen molar-refractivity contribution < 1.29 is 14.5 Å². The number of ether oxygens (including phenoxy) is 1. The molecular formula is C19H20N2O4. The lowest BCUT2D eigenvalue weighted by Crippen LogP contribution is -2.08. The van der Waals surface area contributed by atoms with E-state index < -0.39 is 4.92 Å². The number of hydrogen-bond acceptors (Lipinski definition) is 4. The van der Waals surface area contributed by atoms with Crippen LogP contribution in [-0.4, -0.2) is 17.4 Å². The smallest absolute Gasteiger partial charge is 0.270 e. The largest absolute Gasteiger partial charge is 0.493 e. The zero-order chi connectivity index (χ0) is 18.2. The average Bonchev–Trinajstić information content (AvgIpc) is 2.59. The topological polar surface area (TPSA) is 81.5 Å². The van der Waals surface area contributed by atoms with Gasteiger partial charge in [-0.15, -0.1) is 0 Å². The molecule has 0 saturated carbocycles. The summed E-state index contributed by atoms with van der Waals surface area (Å²) in [4.78, 5) is 22.2. The molecule has 0 aliphatic rings. The lowest BCUT2D eigenvalue weighted by Gasteiger charge is -2.09. The van der Waals surface area contributed by atoms with Crippen molar-refractivity contribution >= 4 is 23.4 Å². The van der Waals surface area contributed by atoms with Gasteiger partial charge in [-0.25, -0.2) is 0 Å². The third kappa shape index (κ3) is 6.10. The average molecular weight is 340 g/mol. The Balaban J connectivity index is 1.93. The van der Waals surface area contributed by atoms with Gasteiger partial charge in [-0.2, -0.15) is 0 Å². The molecule has 6 nitrogen and oxygen atoms in total. The lowest BCUT2D eigenvalue weighted by molar-refractivity contribution is -0.384. The summed E-state index contributed by atoms with van der Waals surface area (Å²) in [6, 6.07) is 13.2. The fourth-order valence-corrected chi connectivity index (χ4v) is 2.00. The van der Waals surface area contributed by atoms with Crippen LogP contribution in [0, 0.1) is 16.0 Å². The van der Waals surface area contributed by atoms with E-state index in [2.05, 4.69) is 19.2 Å². The first-order valence-electron chi connectivity index (χ1n) is 7.90. The van der Waals surface area contributed by atoms with Crippen molar-refractivity contribution in [3.63, 3.8) is 0 Å². The van der Waals surface area contributed by atoms with Gasteiger partial charge in [0.15, 0.2) is 0 Å². The summed E-state index contributed by atoms with van der Waals surface area (Å²) >= 11 is 0. The Bertz CT molecular complexity index is 767. The second-order valence-electron chi connectivity index (χ2n) is 5.90. The summed E-state index contributed by atoms with van der Waals surface area (Å²) in [5.74, 6) is 0.875. The molecule has 0 heterocycles. The fourth-order valence-electron chi connectivity index (χ4n) is 2.00. The zero-order valence-electron chi connectivity index (χ0n) is 14.1. The van der Waals surface area contributed by atoms with Crippen LogP contribution in [-0.2, 0) is 4.79 Å². The van der Waals surface area contributed by atoms with E-state index in [9.17, 15) is 14.9 Å². The van der Waals surface area contributed by atoms with Gasteiger partial charge in [-0.05, 0) is 41.8 Å². The molecule has 130 valence electrons. The fraction of sp³-hybridized carbons (Fsp3) is 0.211. The molecule has 6 heteroatoms. The molecular weight excluding hydrogens is 320 g/mol. The van der Waals surface area contributed by atoms with E-state index in [0.29, 0.717) is 23.8 Å². The van der Waals surface area contributed by atoms with Gasteiger partial charge in [-0.3, -0.25) is 14.9 Å². The molecule has 0 atom stereocenters. The predicted octanol–water partition coefficient (Wildman–Crippen LogP) is 4.28. The van der Waals surface area contributed by atoms with Gasteiger partial charge in [-0.1, -0.05) is 26.0 Å². The number of hydrogen-bond donors (Lipinski definition) is 1. The van der Waals surface area contributed by atoms with Crippen molar-refractivity contribution in [2.75, 3.05) is 11.9 Å². The summed E-state index contributed by atoms with van der Waals surface area (Å²) in [6.07, 6.45) is 2.87. The number of benzene rings is 2. The first kappa shape index (κ1) is 18.2. The summed E-state index contributed by atoms with van der Waals surface area (Å²) in [6.45, 7) is 4.78. The van der Waals surface area contributed by atoms with E-state index in [1.54, 1.807) is 36.4 Å². The molecule has 0 radical (unpaired) electrons. The van der Waals surface area contributed by atoms with Crippen LogP contribution in [0.25, 0.3) is 6.08 Å². The Hall–Kier alpha value is -3.15. The van der Waals surface area contributed by atoms with Crippen molar-refractivity contribution in [3.8, 4) is 5.75 Å². The van der Waals surface area contributed by atoms with Gasteiger partial charge in [0.1, 0.15) is 5.75 Å². The number of non-ortho nitro benzene ring substituents is 1. The summed E-state index contributed by atoms with van der Waals surface area (Å²) in [5.41, 5.74) is 1.21. The Morgan fingerprint density at radius 2 is 1.96 bits per heavy atom. The molecule has 1 N–H and O–H groups in total. The Kier molecular flexibility index (Phi) is 6.28. The third-order valence-electron chi connectivity index (χ3n) is 3.21. The van der Waals surface area contributed by atoms with Gasteiger partial charge in [0.25, 0.3) is 5.69 Å². The van der Waals surface area contributed by atoms with Crippen molar-refractivity contribution in [2.45, 2.75) is 13.8 Å². The van der Waals surface area contributed by atoms with Crippen LogP contribution in [0.1, 0.15) is 19.4 Å². The number of nitrogens with zero attached hydrogens (tertiary/aromatic N) is 1. The number of anilines is 1. The first-order valence-corrected chi connectivity index (χ1v) is 7.90. The number of nitro groups is 1. The summed E-state index contributed by atoms with van der Waals surface area (Å²) in [5, 5.41) is 13.5. The molecule has 2 rings (SSSR count). The molecule has 2 aromatic rings. The second-order valence-corrected chi connectivity index (χ2v) is 5.90. The molecule has 0 spiro atoms. The quantitative estimate of drug-likeness (QED) is 0.463. The number of amides is 1.